The Morgan fingerprint density at radius 3 is 2.55 bits per heavy atom. The summed E-state index contributed by atoms with van der Waals surface area (Å²) in [6.07, 6.45) is 0. The lowest BCUT2D eigenvalue weighted by atomic mass is 10.1. The maximum atomic E-state index is 12.2. The van der Waals surface area contributed by atoms with E-state index in [-0.39, 0.29) is 29.4 Å². The van der Waals surface area contributed by atoms with Gasteiger partial charge in [-0.1, -0.05) is 11.6 Å². The first-order valence-corrected chi connectivity index (χ1v) is 6.08. The lowest BCUT2D eigenvalue weighted by Gasteiger charge is -2.19. The highest BCUT2D eigenvalue weighted by Crippen LogP contribution is 2.23. The molecule has 0 saturated carbocycles. The van der Waals surface area contributed by atoms with Crippen LogP contribution in [-0.4, -0.2) is 41.9 Å². The molecular weight excluding hydrogens is 288 g/mol. The van der Waals surface area contributed by atoms with E-state index in [1.54, 1.807) is 6.92 Å². The minimum Gasteiger partial charge on any atom is -0.468 e. The second kappa shape index (κ2) is 6.85. The van der Waals surface area contributed by atoms with Gasteiger partial charge in [0.15, 0.2) is 0 Å². The maximum absolute atomic E-state index is 12.2. The van der Waals surface area contributed by atoms with Gasteiger partial charge in [0.2, 0.25) is 0 Å². The molecule has 0 fully saturated rings. The molecule has 0 saturated heterocycles. The molecular formula is C12H13ClN2O5. The Labute approximate surface area is 120 Å². The van der Waals surface area contributed by atoms with Crippen molar-refractivity contribution < 1.29 is 19.2 Å². The van der Waals surface area contributed by atoms with Crippen molar-refractivity contribution in [3.63, 3.8) is 0 Å². The summed E-state index contributed by atoms with van der Waals surface area (Å²) in [5, 5.41) is 10.6. The van der Waals surface area contributed by atoms with Crippen LogP contribution < -0.4 is 0 Å². The number of amides is 1. The van der Waals surface area contributed by atoms with Crippen LogP contribution in [0.2, 0.25) is 5.02 Å². The highest BCUT2D eigenvalue weighted by molar-refractivity contribution is 6.34. The number of hydrogen-bond donors (Lipinski definition) is 0. The summed E-state index contributed by atoms with van der Waals surface area (Å²) >= 11 is 5.87. The molecule has 0 unspecified atom stereocenters. The fourth-order valence-electron chi connectivity index (χ4n) is 1.51. The van der Waals surface area contributed by atoms with Crippen molar-refractivity contribution in [1.82, 2.24) is 4.90 Å². The number of methoxy groups -OCH3 is 1. The van der Waals surface area contributed by atoms with E-state index in [2.05, 4.69) is 4.74 Å². The number of nitro benzene ring substituents is 1. The third-order valence-electron chi connectivity index (χ3n) is 2.61. The minimum atomic E-state index is -0.605. The monoisotopic (exact) mass is 300 g/mol. The van der Waals surface area contributed by atoms with E-state index in [4.69, 9.17) is 11.6 Å². The van der Waals surface area contributed by atoms with E-state index in [1.165, 1.54) is 24.1 Å². The fraction of sp³-hybridized carbons (Fsp3) is 0.333. The first-order chi connectivity index (χ1) is 9.40. The van der Waals surface area contributed by atoms with Gasteiger partial charge in [-0.3, -0.25) is 19.7 Å². The predicted molar refractivity (Wildman–Crippen MR) is 71.7 cm³/mol. The summed E-state index contributed by atoms with van der Waals surface area (Å²) in [4.78, 5) is 34.6. The highest BCUT2D eigenvalue weighted by Gasteiger charge is 2.21. The highest BCUT2D eigenvalue weighted by atomic mass is 35.5. The zero-order valence-electron chi connectivity index (χ0n) is 11.0. The number of rotatable bonds is 5. The molecule has 0 N–H and O–H groups in total. The molecule has 1 amide bonds. The molecule has 0 heterocycles. The molecule has 1 aromatic rings. The first kappa shape index (κ1) is 15.9. The lowest BCUT2D eigenvalue weighted by Crippen LogP contribution is -2.36. The Kier molecular flexibility index (Phi) is 5.45. The zero-order chi connectivity index (χ0) is 15.3. The van der Waals surface area contributed by atoms with Crippen molar-refractivity contribution in [3.05, 3.63) is 38.9 Å². The summed E-state index contributed by atoms with van der Waals surface area (Å²) in [6.45, 7) is 1.76. The van der Waals surface area contributed by atoms with Crippen molar-refractivity contribution in [1.29, 1.82) is 0 Å². The smallest absolute Gasteiger partial charge is 0.325 e. The Bertz CT molecular complexity index is 547. The van der Waals surface area contributed by atoms with Gasteiger partial charge in [0, 0.05) is 18.7 Å². The van der Waals surface area contributed by atoms with E-state index in [9.17, 15) is 19.7 Å². The van der Waals surface area contributed by atoms with Crippen LogP contribution in [0.1, 0.15) is 17.3 Å². The standard InChI is InChI=1S/C12H13ClN2O5/c1-3-14(7-11(16)20-2)12(17)9-5-4-8(15(18)19)6-10(9)13/h4-6H,3,7H2,1-2H3. The van der Waals surface area contributed by atoms with Gasteiger partial charge in [0.05, 0.1) is 22.6 Å². The molecule has 0 atom stereocenters. The molecule has 0 aliphatic rings. The van der Waals surface area contributed by atoms with Crippen molar-refractivity contribution in [3.8, 4) is 0 Å². The van der Waals surface area contributed by atoms with E-state index >= 15 is 0 Å². The zero-order valence-corrected chi connectivity index (χ0v) is 11.7. The third kappa shape index (κ3) is 3.67. The van der Waals surface area contributed by atoms with Crippen LogP contribution in [0, 0.1) is 10.1 Å². The Morgan fingerprint density at radius 1 is 1.45 bits per heavy atom. The second-order valence-electron chi connectivity index (χ2n) is 3.82. The van der Waals surface area contributed by atoms with Crippen LogP contribution in [0.3, 0.4) is 0 Å². The average molecular weight is 301 g/mol. The van der Waals surface area contributed by atoms with Crippen LogP contribution in [0.4, 0.5) is 5.69 Å². The SMILES string of the molecule is CCN(CC(=O)OC)C(=O)c1ccc([N+](=O)[O-])cc1Cl. The second-order valence-corrected chi connectivity index (χ2v) is 4.22. The topological polar surface area (TPSA) is 89.8 Å². The molecule has 0 aliphatic heterocycles. The third-order valence-corrected chi connectivity index (χ3v) is 2.92. The lowest BCUT2D eigenvalue weighted by molar-refractivity contribution is -0.384. The molecule has 1 rings (SSSR count). The van der Waals surface area contributed by atoms with Gasteiger partial charge in [-0.05, 0) is 13.0 Å². The van der Waals surface area contributed by atoms with Crippen molar-refractivity contribution in [2.75, 3.05) is 20.2 Å². The van der Waals surface area contributed by atoms with Crippen LogP contribution in [0.25, 0.3) is 0 Å². The van der Waals surface area contributed by atoms with E-state index in [0.717, 1.165) is 6.07 Å². The van der Waals surface area contributed by atoms with Crippen molar-refractivity contribution in [2.45, 2.75) is 6.92 Å². The summed E-state index contributed by atoms with van der Waals surface area (Å²) in [7, 11) is 1.22. The normalized spacial score (nSPS) is 9.95. The molecule has 7 nitrogen and oxygen atoms in total. The Morgan fingerprint density at radius 2 is 2.10 bits per heavy atom. The van der Waals surface area contributed by atoms with Crippen LogP contribution in [-0.2, 0) is 9.53 Å². The van der Waals surface area contributed by atoms with Crippen LogP contribution >= 0.6 is 11.6 Å². The number of nitrogens with zero attached hydrogens (tertiary/aromatic N) is 2. The van der Waals surface area contributed by atoms with Gasteiger partial charge in [0.25, 0.3) is 11.6 Å². The number of nitro groups is 1. The quantitative estimate of drug-likeness (QED) is 0.470. The van der Waals surface area contributed by atoms with E-state index in [1.807, 2.05) is 0 Å². The molecule has 108 valence electrons. The number of carbonyl (C=O) groups is 2. The molecule has 1 aromatic carbocycles. The Hall–Kier alpha value is -2.15. The number of non-ortho nitro benzene ring substituents is 1. The van der Waals surface area contributed by atoms with Gasteiger partial charge in [-0.2, -0.15) is 0 Å². The van der Waals surface area contributed by atoms with Crippen LogP contribution in [0.5, 0.6) is 0 Å². The number of benzene rings is 1. The van der Waals surface area contributed by atoms with E-state index in [0.29, 0.717) is 0 Å². The van der Waals surface area contributed by atoms with Crippen molar-refractivity contribution in [2.24, 2.45) is 0 Å². The number of likely N-dealkylation sites (N-methyl/N-ethyl adjacent to an activating group) is 1. The van der Waals surface area contributed by atoms with Gasteiger partial charge >= 0.3 is 5.97 Å². The molecule has 20 heavy (non-hydrogen) atoms. The molecule has 0 bridgehead atoms. The summed E-state index contributed by atoms with van der Waals surface area (Å²) < 4.78 is 4.49. The Balaban J connectivity index is 3.01. The first-order valence-electron chi connectivity index (χ1n) is 5.70. The molecule has 8 heteroatoms. The van der Waals surface area contributed by atoms with E-state index < -0.39 is 16.8 Å². The summed E-state index contributed by atoms with van der Waals surface area (Å²) in [5.74, 6) is -1.05. The van der Waals surface area contributed by atoms with Crippen molar-refractivity contribution >= 4 is 29.2 Å². The average Bonchev–Trinajstić information content (AvgIpc) is 2.43. The minimum absolute atomic E-state index is 0.0347. The van der Waals surface area contributed by atoms with Gasteiger partial charge in [-0.15, -0.1) is 0 Å². The molecule has 0 aliphatic carbocycles. The number of carbonyl (C=O) groups excluding carboxylic acids is 2. The van der Waals surface area contributed by atoms with Gasteiger partial charge < -0.3 is 9.64 Å². The largest absolute Gasteiger partial charge is 0.468 e. The predicted octanol–water partition coefficient (Wildman–Crippen LogP) is 1.88. The van der Waals surface area contributed by atoms with Gasteiger partial charge in [0.1, 0.15) is 6.54 Å². The van der Waals surface area contributed by atoms with Crippen LogP contribution in [0.15, 0.2) is 18.2 Å². The molecule has 0 spiro atoms. The van der Waals surface area contributed by atoms with Gasteiger partial charge in [-0.25, -0.2) is 0 Å². The number of esters is 1. The number of halogens is 1. The molecule has 0 radical (unpaired) electrons. The summed E-state index contributed by atoms with van der Waals surface area (Å²) in [6, 6.07) is 3.55. The maximum Gasteiger partial charge on any atom is 0.325 e. The number of hydrogen-bond acceptors (Lipinski definition) is 5. The summed E-state index contributed by atoms with van der Waals surface area (Å²) in [5.41, 5.74) is -0.106. The molecule has 0 aromatic heterocycles. The fourth-order valence-corrected chi connectivity index (χ4v) is 1.76. The number of ether oxygens (including phenoxy) is 1.